The second-order valence-electron chi connectivity index (χ2n) is 3.97. The van der Waals surface area contributed by atoms with Gasteiger partial charge in [-0.15, -0.1) is 0 Å². The summed E-state index contributed by atoms with van der Waals surface area (Å²) in [4.78, 5) is 14.3. The summed E-state index contributed by atoms with van der Waals surface area (Å²) in [5.74, 6) is 0.372. The number of aromatic nitrogens is 2. The fourth-order valence-electron chi connectivity index (χ4n) is 1.98. The maximum atomic E-state index is 10.8. The topological polar surface area (TPSA) is 61.0 Å². The maximum Gasteiger partial charge on any atom is 0.365 e. The number of fused-ring (bicyclic) bond motifs is 1. The van der Waals surface area contributed by atoms with Gasteiger partial charge in [0.2, 0.25) is 0 Å². The SMILES string of the molecule is O=[N+]([O-])c1cccc(-n2ccc3c(Br)cccc32)n1. The third-order valence-electron chi connectivity index (χ3n) is 2.83. The first-order valence-electron chi connectivity index (χ1n) is 5.54. The van der Waals surface area contributed by atoms with Gasteiger partial charge in [-0.25, -0.2) is 0 Å². The van der Waals surface area contributed by atoms with Crippen LogP contribution in [0.1, 0.15) is 0 Å². The van der Waals surface area contributed by atoms with Crippen LogP contribution in [0.25, 0.3) is 16.7 Å². The van der Waals surface area contributed by atoms with Crippen LogP contribution in [-0.4, -0.2) is 14.5 Å². The molecule has 0 radical (unpaired) electrons. The Morgan fingerprint density at radius 3 is 2.74 bits per heavy atom. The number of pyridine rings is 1. The van der Waals surface area contributed by atoms with Crippen molar-refractivity contribution in [2.45, 2.75) is 0 Å². The maximum absolute atomic E-state index is 10.8. The van der Waals surface area contributed by atoms with E-state index in [2.05, 4.69) is 20.9 Å². The van der Waals surface area contributed by atoms with Crippen molar-refractivity contribution in [3.05, 3.63) is 63.2 Å². The smallest absolute Gasteiger partial charge is 0.358 e. The van der Waals surface area contributed by atoms with Crippen molar-refractivity contribution >= 4 is 32.7 Å². The van der Waals surface area contributed by atoms with Crippen LogP contribution in [0.3, 0.4) is 0 Å². The molecule has 5 nitrogen and oxygen atoms in total. The molecule has 94 valence electrons. The number of hydrogen-bond acceptors (Lipinski definition) is 3. The average Bonchev–Trinajstić information content (AvgIpc) is 2.84. The highest BCUT2D eigenvalue weighted by molar-refractivity contribution is 9.10. The molecule has 3 aromatic rings. The normalized spacial score (nSPS) is 10.8. The predicted molar refractivity (Wildman–Crippen MR) is 75.4 cm³/mol. The minimum absolute atomic E-state index is 0.158. The highest BCUT2D eigenvalue weighted by atomic mass is 79.9. The van der Waals surface area contributed by atoms with Crippen molar-refractivity contribution in [3.8, 4) is 5.82 Å². The van der Waals surface area contributed by atoms with Crippen LogP contribution < -0.4 is 0 Å². The number of nitro groups is 1. The second kappa shape index (κ2) is 4.47. The van der Waals surface area contributed by atoms with E-state index in [1.165, 1.54) is 6.07 Å². The molecule has 0 aliphatic heterocycles. The molecule has 0 unspecified atom stereocenters. The van der Waals surface area contributed by atoms with E-state index in [1.54, 1.807) is 12.1 Å². The van der Waals surface area contributed by atoms with E-state index in [-0.39, 0.29) is 5.82 Å². The largest absolute Gasteiger partial charge is 0.365 e. The third-order valence-corrected chi connectivity index (χ3v) is 3.52. The average molecular weight is 318 g/mol. The molecule has 2 heterocycles. The van der Waals surface area contributed by atoms with Crippen molar-refractivity contribution in [2.24, 2.45) is 0 Å². The zero-order valence-corrected chi connectivity index (χ0v) is 11.2. The summed E-state index contributed by atoms with van der Waals surface area (Å²) in [6, 6.07) is 12.5. The fraction of sp³-hybridized carbons (Fsp3) is 0. The monoisotopic (exact) mass is 317 g/mol. The van der Waals surface area contributed by atoms with Crippen molar-refractivity contribution in [2.75, 3.05) is 0 Å². The Hall–Kier alpha value is -2.21. The highest BCUT2D eigenvalue weighted by Gasteiger charge is 2.13. The van der Waals surface area contributed by atoms with Crippen molar-refractivity contribution in [3.63, 3.8) is 0 Å². The third kappa shape index (κ3) is 2.00. The first-order chi connectivity index (χ1) is 9.16. The van der Waals surface area contributed by atoms with E-state index < -0.39 is 4.92 Å². The molecule has 0 amide bonds. The molecule has 0 saturated heterocycles. The minimum Gasteiger partial charge on any atom is -0.358 e. The molecule has 0 fully saturated rings. The Morgan fingerprint density at radius 1 is 1.16 bits per heavy atom. The second-order valence-corrected chi connectivity index (χ2v) is 4.82. The summed E-state index contributed by atoms with van der Waals surface area (Å²) in [5.41, 5.74) is 0.947. The van der Waals surface area contributed by atoms with E-state index in [1.807, 2.05) is 35.0 Å². The number of halogens is 1. The van der Waals surface area contributed by atoms with E-state index >= 15 is 0 Å². The van der Waals surface area contributed by atoms with Gasteiger partial charge in [-0.2, -0.15) is 0 Å². The van der Waals surface area contributed by atoms with Gasteiger partial charge < -0.3 is 10.1 Å². The van der Waals surface area contributed by atoms with E-state index in [9.17, 15) is 10.1 Å². The predicted octanol–water partition coefficient (Wildman–Crippen LogP) is 3.70. The van der Waals surface area contributed by atoms with Crippen LogP contribution in [-0.2, 0) is 0 Å². The zero-order chi connectivity index (χ0) is 13.4. The Morgan fingerprint density at radius 2 is 1.95 bits per heavy atom. The molecule has 0 bridgehead atoms. The number of rotatable bonds is 2. The van der Waals surface area contributed by atoms with E-state index in [0.717, 1.165) is 15.4 Å². The molecule has 0 N–H and O–H groups in total. The van der Waals surface area contributed by atoms with Crippen LogP contribution >= 0.6 is 15.9 Å². The van der Waals surface area contributed by atoms with Gasteiger partial charge in [0.25, 0.3) is 5.82 Å². The van der Waals surface area contributed by atoms with Crippen molar-refractivity contribution in [1.82, 2.24) is 9.55 Å². The Bertz CT molecular complexity index is 782. The van der Waals surface area contributed by atoms with Gasteiger partial charge in [0.1, 0.15) is 0 Å². The van der Waals surface area contributed by atoms with Crippen LogP contribution in [0.4, 0.5) is 5.82 Å². The molecule has 3 rings (SSSR count). The lowest BCUT2D eigenvalue weighted by Gasteiger charge is -2.01. The summed E-state index contributed by atoms with van der Waals surface area (Å²) < 4.78 is 2.81. The molecule has 6 heteroatoms. The summed E-state index contributed by atoms with van der Waals surface area (Å²) in [6.45, 7) is 0. The lowest BCUT2D eigenvalue weighted by molar-refractivity contribution is -0.389. The molecule has 0 spiro atoms. The van der Waals surface area contributed by atoms with E-state index in [0.29, 0.717) is 5.82 Å². The highest BCUT2D eigenvalue weighted by Crippen LogP contribution is 2.26. The standard InChI is InChI=1S/C13H8BrN3O2/c14-10-3-1-4-11-9(10)7-8-16(11)12-5-2-6-13(15-12)17(18)19/h1-8H. The first kappa shape index (κ1) is 11.9. The zero-order valence-electron chi connectivity index (χ0n) is 9.65. The molecule has 0 aliphatic carbocycles. The quantitative estimate of drug-likeness (QED) is 0.535. The van der Waals surface area contributed by atoms with Gasteiger partial charge >= 0.3 is 5.82 Å². The number of nitrogens with zero attached hydrogens (tertiary/aromatic N) is 3. The van der Waals surface area contributed by atoms with Crippen LogP contribution in [0.5, 0.6) is 0 Å². The van der Waals surface area contributed by atoms with Gasteiger partial charge in [-0.1, -0.05) is 22.0 Å². The molecule has 2 aromatic heterocycles. The van der Waals surface area contributed by atoms with Crippen LogP contribution in [0.15, 0.2) is 53.1 Å². The molecule has 19 heavy (non-hydrogen) atoms. The molecular formula is C13H8BrN3O2. The fourth-order valence-corrected chi connectivity index (χ4v) is 2.47. The van der Waals surface area contributed by atoms with Crippen molar-refractivity contribution < 1.29 is 4.92 Å². The molecule has 0 aliphatic rings. The minimum atomic E-state index is -0.495. The number of benzene rings is 1. The Balaban J connectivity index is 2.22. The van der Waals surface area contributed by atoms with Gasteiger partial charge in [0.15, 0.2) is 0 Å². The summed E-state index contributed by atoms with van der Waals surface area (Å²) >= 11 is 3.48. The summed E-state index contributed by atoms with van der Waals surface area (Å²) in [7, 11) is 0. The molecule has 0 saturated carbocycles. The van der Waals surface area contributed by atoms with Crippen molar-refractivity contribution in [1.29, 1.82) is 0 Å². The summed E-state index contributed by atoms with van der Waals surface area (Å²) in [6.07, 6.45) is 1.85. The van der Waals surface area contributed by atoms with Crippen LogP contribution in [0, 0.1) is 10.1 Å². The van der Waals surface area contributed by atoms with Gasteiger partial charge in [-0.3, -0.25) is 4.57 Å². The Kier molecular flexibility index (Phi) is 2.79. The van der Waals surface area contributed by atoms with E-state index in [4.69, 9.17) is 0 Å². The van der Waals surface area contributed by atoms with Gasteiger partial charge in [0, 0.05) is 28.2 Å². The first-order valence-corrected chi connectivity index (χ1v) is 6.33. The molecule has 0 atom stereocenters. The lowest BCUT2D eigenvalue weighted by Crippen LogP contribution is -1.99. The molecular weight excluding hydrogens is 310 g/mol. The summed E-state index contributed by atoms with van der Waals surface area (Å²) in [5, 5.41) is 11.8. The Labute approximate surface area is 116 Å². The number of hydrogen-bond donors (Lipinski definition) is 0. The lowest BCUT2D eigenvalue weighted by atomic mass is 10.2. The van der Waals surface area contributed by atoms with Gasteiger partial charge in [-0.05, 0) is 34.2 Å². The van der Waals surface area contributed by atoms with Gasteiger partial charge in [0.05, 0.1) is 5.52 Å². The van der Waals surface area contributed by atoms with Crippen LogP contribution in [0.2, 0.25) is 0 Å². The molecule has 1 aromatic carbocycles.